The van der Waals surface area contributed by atoms with Gasteiger partial charge in [-0.2, -0.15) is 0 Å². The van der Waals surface area contributed by atoms with Gasteiger partial charge in [0.05, 0.1) is 28.7 Å². The fourth-order valence-electron chi connectivity index (χ4n) is 7.29. The lowest BCUT2D eigenvalue weighted by Gasteiger charge is -2.28. The van der Waals surface area contributed by atoms with Crippen molar-refractivity contribution in [1.29, 1.82) is 0 Å². The number of benzene rings is 4. The molecule has 0 N–H and O–H groups in total. The number of carbonyl (C=O) groups is 5. The number of fused-ring (bicyclic) bond motifs is 5. The number of Topliss-reactive ketones (excluding diaryl/α,β-unsaturated/α-hetero) is 1. The number of carbonyl (C=O) groups excluding carboxylic acids is 5. The van der Waals surface area contributed by atoms with E-state index in [4.69, 9.17) is 9.47 Å². The van der Waals surface area contributed by atoms with Gasteiger partial charge in [-0.1, -0.05) is 48.5 Å². The van der Waals surface area contributed by atoms with Gasteiger partial charge in [0.25, 0.3) is 0 Å². The Morgan fingerprint density at radius 1 is 0.644 bits per heavy atom. The number of esters is 2. The maximum atomic E-state index is 13.6. The summed E-state index contributed by atoms with van der Waals surface area (Å²) < 4.78 is 10.6. The minimum atomic E-state index is -0.706. The van der Waals surface area contributed by atoms with Crippen LogP contribution in [0.2, 0.25) is 0 Å². The molecule has 0 spiro atoms. The summed E-state index contributed by atoms with van der Waals surface area (Å²) in [5, 5.41) is 0. The predicted molar refractivity (Wildman–Crippen MR) is 164 cm³/mol. The van der Waals surface area contributed by atoms with Crippen molar-refractivity contribution in [3.63, 3.8) is 0 Å². The number of anilines is 1. The summed E-state index contributed by atoms with van der Waals surface area (Å²) in [6.45, 7) is -0.485. The van der Waals surface area contributed by atoms with Crippen molar-refractivity contribution in [2.45, 2.75) is 18.8 Å². The monoisotopic (exact) mass is 599 g/mol. The van der Waals surface area contributed by atoms with Crippen LogP contribution in [0.1, 0.15) is 55.4 Å². The van der Waals surface area contributed by atoms with Crippen LogP contribution in [0, 0.1) is 23.7 Å². The normalized spacial score (nSPS) is 23.1. The predicted octanol–water partition coefficient (Wildman–Crippen LogP) is 5.87. The first kappa shape index (κ1) is 28.4. The number of ketones is 1. The lowest BCUT2D eigenvalue weighted by molar-refractivity contribution is -0.123. The molecule has 0 unspecified atom stereocenters. The van der Waals surface area contributed by atoms with Crippen LogP contribution in [-0.4, -0.2) is 36.1 Å². The first-order valence-electron chi connectivity index (χ1n) is 15.0. The molecule has 0 radical (unpaired) electrons. The van der Waals surface area contributed by atoms with Gasteiger partial charge in [0.2, 0.25) is 11.8 Å². The van der Waals surface area contributed by atoms with Gasteiger partial charge < -0.3 is 9.47 Å². The van der Waals surface area contributed by atoms with Gasteiger partial charge in [0, 0.05) is 5.56 Å². The van der Waals surface area contributed by atoms with Crippen LogP contribution in [0.3, 0.4) is 0 Å². The molecule has 1 saturated heterocycles. The van der Waals surface area contributed by atoms with Gasteiger partial charge in [-0.15, -0.1) is 0 Å². The Hall–Kier alpha value is -5.37. The average molecular weight is 600 g/mol. The smallest absolute Gasteiger partial charge is 0.343 e. The lowest BCUT2D eigenvalue weighted by atomic mass is 9.73. The summed E-state index contributed by atoms with van der Waals surface area (Å²) in [5.74, 6) is -1.68. The summed E-state index contributed by atoms with van der Waals surface area (Å²) in [6, 6.07) is 30.9. The molecule has 3 fully saturated rings. The van der Waals surface area contributed by atoms with E-state index in [0.717, 1.165) is 12.8 Å². The van der Waals surface area contributed by atoms with E-state index in [1.807, 2.05) is 18.2 Å². The van der Waals surface area contributed by atoms with Crippen LogP contribution < -0.4 is 9.64 Å². The fraction of sp³-hybridized carbons (Fsp3) is 0.216. The van der Waals surface area contributed by atoms with Crippen molar-refractivity contribution in [2.24, 2.45) is 23.7 Å². The van der Waals surface area contributed by atoms with Crippen LogP contribution in [0.15, 0.2) is 109 Å². The number of nitrogens with zero attached hydrogens (tertiary/aromatic N) is 1. The minimum Gasteiger partial charge on any atom is -0.454 e. The van der Waals surface area contributed by atoms with Crippen molar-refractivity contribution in [3.8, 4) is 5.75 Å². The maximum absolute atomic E-state index is 13.6. The molecule has 7 rings (SSSR count). The van der Waals surface area contributed by atoms with E-state index in [1.54, 1.807) is 42.5 Å². The van der Waals surface area contributed by atoms with Crippen LogP contribution in [0.5, 0.6) is 5.75 Å². The number of hydrogen-bond donors (Lipinski definition) is 0. The zero-order chi connectivity index (χ0) is 31.1. The molecule has 4 aromatic rings. The quantitative estimate of drug-likeness (QED) is 0.108. The third-order valence-electron chi connectivity index (χ3n) is 9.34. The highest BCUT2D eigenvalue weighted by Crippen LogP contribution is 2.61. The van der Waals surface area contributed by atoms with Crippen molar-refractivity contribution in [3.05, 3.63) is 131 Å². The summed E-state index contributed by atoms with van der Waals surface area (Å²) in [6.07, 6.45) is 1.81. The Morgan fingerprint density at radius 3 is 1.93 bits per heavy atom. The standard InChI is InChI=1S/C37H29NO7/c39-31(23-13-17-28(18-14-23)45-37(43)24-9-5-2-6-10-24)21-44-36(42)25-11-15-27(16-12-25)38-34(40)32-26-19-29(22-7-3-1-4-8-22)30(20-26)33(32)35(38)41/h1-18,26,29-30,32-33H,19-21H2/t26-,29-,30+,32-,33-/m1/s1. The molecule has 224 valence electrons. The zero-order valence-corrected chi connectivity index (χ0v) is 24.2. The first-order valence-corrected chi connectivity index (χ1v) is 15.0. The maximum Gasteiger partial charge on any atom is 0.343 e. The molecular weight excluding hydrogens is 570 g/mol. The highest BCUT2D eigenvalue weighted by atomic mass is 16.5. The molecule has 8 heteroatoms. The number of ether oxygens (including phenoxy) is 2. The molecule has 4 aromatic carbocycles. The molecule has 45 heavy (non-hydrogen) atoms. The second-order valence-corrected chi connectivity index (χ2v) is 11.8. The average Bonchev–Trinajstić information content (AvgIpc) is 3.75. The second kappa shape index (κ2) is 11.6. The van der Waals surface area contributed by atoms with E-state index in [9.17, 15) is 24.0 Å². The topological polar surface area (TPSA) is 107 Å². The first-order chi connectivity index (χ1) is 21.9. The molecule has 2 bridgehead atoms. The summed E-state index contributed by atoms with van der Waals surface area (Å²) >= 11 is 0. The summed E-state index contributed by atoms with van der Waals surface area (Å²) in [7, 11) is 0. The number of amides is 2. The van der Waals surface area contributed by atoms with Gasteiger partial charge >= 0.3 is 11.9 Å². The Morgan fingerprint density at radius 2 is 1.24 bits per heavy atom. The van der Waals surface area contributed by atoms with Gasteiger partial charge in [-0.3, -0.25) is 19.3 Å². The van der Waals surface area contributed by atoms with Crippen molar-refractivity contribution < 1.29 is 33.4 Å². The minimum absolute atomic E-state index is 0.149. The molecule has 2 aliphatic carbocycles. The van der Waals surface area contributed by atoms with E-state index < -0.39 is 24.3 Å². The van der Waals surface area contributed by atoms with E-state index in [1.165, 1.54) is 46.9 Å². The van der Waals surface area contributed by atoms with E-state index in [2.05, 4.69) is 12.1 Å². The molecule has 5 atom stereocenters. The van der Waals surface area contributed by atoms with Crippen LogP contribution in [0.25, 0.3) is 0 Å². The van der Waals surface area contributed by atoms with Crippen LogP contribution in [-0.2, 0) is 14.3 Å². The van der Waals surface area contributed by atoms with Gasteiger partial charge in [0.1, 0.15) is 5.75 Å². The molecule has 2 amide bonds. The third kappa shape index (κ3) is 5.22. The Balaban J connectivity index is 0.953. The summed E-state index contributed by atoms with van der Waals surface area (Å²) in [5.41, 5.74) is 2.54. The number of hydrogen-bond acceptors (Lipinski definition) is 7. The van der Waals surface area contributed by atoms with Crippen molar-refractivity contribution in [1.82, 2.24) is 0 Å². The van der Waals surface area contributed by atoms with Crippen molar-refractivity contribution in [2.75, 3.05) is 11.5 Å². The zero-order valence-electron chi connectivity index (χ0n) is 24.2. The van der Waals surface area contributed by atoms with E-state index in [-0.39, 0.29) is 58.3 Å². The lowest BCUT2D eigenvalue weighted by Crippen LogP contribution is -2.33. The molecule has 0 aromatic heterocycles. The van der Waals surface area contributed by atoms with Gasteiger partial charge in [0.15, 0.2) is 12.4 Å². The van der Waals surface area contributed by atoms with Crippen LogP contribution >= 0.6 is 0 Å². The molecule has 8 nitrogen and oxygen atoms in total. The van der Waals surface area contributed by atoms with Gasteiger partial charge in [-0.05, 0) is 96.8 Å². The summed E-state index contributed by atoms with van der Waals surface area (Å²) in [4.78, 5) is 65.9. The molecule has 1 heterocycles. The highest BCUT2D eigenvalue weighted by molar-refractivity contribution is 6.22. The molecular formula is C37H29NO7. The Kier molecular flexibility index (Phi) is 7.33. The van der Waals surface area contributed by atoms with E-state index in [0.29, 0.717) is 11.3 Å². The van der Waals surface area contributed by atoms with Crippen molar-refractivity contribution >= 4 is 35.2 Å². The fourth-order valence-corrected chi connectivity index (χ4v) is 7.29. The van der Waals surface area contributed by atoms with E-state index >= 15 is 0 Å². The highest BCUT2D eigenvalue weighted by Gasteiger charge is 2.64. The molecule has 3 aliphatic rings. The molecule has 1 aliphatic heterocycles. The number of rotatable bonds is 8. The van der Waals surface area contributed by atoms with Crippen LogP contribution in [0.4, 0.5) is 5.69 Å². The third-order valence-corrected chi connectivity index (χ3v) is 9.34. The Bertz CT molecular complexity index is 1780. The molecule has 2 saturated carbocycles. The number of imide groups is 1. The van der Waals surface area contributed by atoms with Gasteiger partial charge in [-0.25, -0.2) is 9.59 Å². The largest absolute Gasteiger partial charge is 0.454 e. The SMILES string of the molecule is O=C(COC(=O)c1ccc(N2C(=O)[C@@H]3[C@H]4C[C@H]([C@H]3C2=O)[C@@H](c2ccccc2)C4)cc1)c1ccc(OC(=O)c2ccccc2)cc1. The Labute approximate surface area is 259 Å². The second-order valence-electron chi connectivity index (χ2n) is 11.8.